The van der Waals surface area contributed by atoms with Gasteiger partial charge in [0.25, 0.3) is 5.92 Å². The molecule has 1 aromatic heterocycles. The van der Waals surface area contributed by atoms with Crippen LogP contribution >= 0.6 is 0 Å². The molecular formula is C18H24F2N4O2S. The molecule has 1 aromatic rings. The zero-order valence-corrected chi connectivity index (χ0v) is 16.1. The maximum absolute atomic E-state index is 14.6. The van der Waals surface area contributed by atoms with Gasteiger partial charge in [0.2, 0.25) is 5.95 Å². The number of hydrogen-bond donors (Lipinski definition) is 1. The Morgan fingerprint density at radius 2 is 2.04 bits per heavy atom. The highest BCUT2D eigenvalue weighted by atomic mass is 32.2. The minimum atomic E-state index is -2.90. The summed E-state index contributed by atoms with van der Waals surface area (Å²) in [5, 5.41) is 0. The zero-order valence-electron chi connectivity index (χ0n) is 15.3. The molecule has 0 aromatic carbocycles. The van der Waals surface area contributed by atoms with Crippen molar-refractivity contribution in [1.29, 1.82) is 0 Å². The summed E-state index contributed by atoms with van der Waals surface area (Å²) in [4.78, 5) is 13.2. The molecule has 0 spiro atoms. The van der Waals surface area contributed by atoms with Gasteiger partial charge >= 0.3 is 0 Å². The lowest BCUT2D eigenvalue weighted by Crippen LogP contribution is -2.47. The van der Waals surface area contributed by atoms with Crippen molar-refractivity contribution in [2.24, 2.45) is 17.8 Å². The Labute approximate surface area is 159 Å². The molecule has 27 heavy (non-hydrogen) atoms. The van der Waals surface area contributed by atoms with Crippen LogP contribution in [0.2, 0.25) is 0 Å². The van der Waals surface area contributed by atoms with Crippen LogP contribution in [0.3, 0.4) is 0 Å². The van der Waals surface area contributed by atoms with Gasteiger partial charge in [-0.3, -0.25) is 0 Å². The van der Waals surface area contributed by atoms with E-state index in [1.807, 2.05) is 4.90 Å². The molecule has 2 aliphatic carbocycles. The predicted octanol–water partition coefficient (Wildman–Crippen LogP) is 2.41. The maximum Gasteiger partial charge on any atom is 0.290 e. The van der Waals surface area contributed by atoms with E-state index in [4.69, 9.17) is 9.54 Å². The van der Waals surface area contributed by atoms with Gasteiger partial charge in [-0.25, -0.2) is 9.19 Å². The Morgan fingerprint density at radius 1 is 1.30 bits per heavy atom. The molecule has 1 N–H and O–H groups in total. The van der Waals surface area contributed by atoms with Crippen LogP contribution < -0.4 is 9.80 Å². The number of hydrogen-bond acceptors (Lipinski definition) is 5. The third kappa shape index (κ3) is 2.85. The smallest absolute Gasteiger partial charge is 0.290 e. The number of anilines is 2. The molecule has 2 unspecified atom stereocenters. The molecule has 5 atom stereocenters. The molecule has 0 radical (unpaired) electrons. The van der Waals surface area contributed by atoms with Crippen molar-refractivity contribution >= 4 is 22.8 Å². The molecule has 2 saturated heterocycles. The highest BCUT2D eigenvalue weighted by molar-refractivity contribution is 7.79. The summed E-state index contributed by atoms with van der Waals surface area (Å²) in [6.45, 7) is 4.34. The zero-order chi connectivity index (χ0) is 18.9. The standard InChI is InChI=1S/C18H24F2N4O2S/c1-10-4-6-24(10)17-21-15-11(3-2-5-18(15,19)20)16(22-17)23-7-12-13(8-23)14(12)9-27(25)26/h10,12-14H,2-9H2,1H3,(H,25,26)/t10-,12-,13+,14?/m0/s1. The number of aromatic nitrogens is 2. The van der Waals surface area contributed by atoms with Crippen LogP contribution in [0.25, 0.3) is 0 Å². The summed E-state index contributed by atoms with van der Waals surface area (Å²) in [5.74, 6) is -0.445. The Balaban J connectivity index is 1.47. The van der Waals surface area contributed by atoms with Gasteiger partial charge in [0, 0.05) is 37.7 Å². The summed E-state index contributed by atoms with van der Waals surface area (Å²) in [5.41, 5.74) is 0.521. The third-order valence-electron chi connectivity index (χ3n) is 6.82. The molecule has 2 aliphatic heterocycles. The average Bonchev–Trinajstić information content (AvgIpc) is 3.03. The molecule has 3 fully saturated rings. The molecule has 3 heterocycles. The second kappa shape index (κ2) is 6.07. The lowest BCUT2D eigenvalue weighted by atomic mass is 9.92. The monoisotopic (exact) mass is 398 g/mol. The third-order valence-corrected chi connectivity index (χ3v) is 7.49. The first-order valence-corrected chi connectivity index (χ1v) is 11.0. The summed E-state index contributed by atoms with van der Waals surface area (Å²) in [6.07, 6.45) is 1.91. The number of rotatable bonds is 4. The van der Waals surface area contributed by atoms with Crippen LogP contribution in [0, 0.1) is 17.8 Å². The summed E-state index contributed by atoms with van der Waals surface area (Å²) in [7, 11) is 0. The molecule has 6 nitrogen and oxygen atoms in total. The summed E-state index contributed by atoms with van der Waals surface area (Å²) >= 11 is -1.77. The molecule has 5 rings (SSSR count). The van der Waals surface area contributed by atoms with Crippen molar-refractivity contribution in [3.05, 3.63) is 11.3 Å². The van der Waals surface area contributed by atoms with Crippen LogP contribution in [0.1, 0.15) is 37.4 Å². The first-order valence-electron chi connectivity index (χ1n) is 9.73. The van der Waals surface area contributed by atoms with Gasteiger partial charge in [0.05, 0.1) is 5.75 Å². The molecule has 4 aliphatic rings. The number of alkyl halides is 2. The van der Waals surface area contributed by atoms with Crippen LogP contribution in [-0.4, -0.2) is 50.2 Å². The minimum absolute atomic E-state index is 0.0820. The van der Waals surface area contributed by atoms with Crippen molar-refractivity contribution in [1.82, 2.24) is 9.97 Å². The van der Waals surface area contributed by atoms with Gasteiger partial charge in [0.15, 0.2) is 11.1 Å². The summed E-state index contributed by atoms with van der Waals surface area (Å²) < 4.78 is 49.5. The van der Waals surface area contributed by atoms with Crippen molar-refractivity contribution in [3.8, 4) is 0 Å². The van der Waals surface area contributed by atoms with Gasteiger partial charge in [-0.05, 0) is 43.9 Å². The van der Waals surface area contributed by atoms with E-state index in [0.717, 1.165) is 26.1 Å². The largest absolute Gasteiger partial charge is 0.356 e. The average molecular weight is 398 g/mol. The maximum atomic E-state index is 14.6. The molecule has 1 saturated carbocycles. The Hall–Kier alpha value is -1.35. The van der Waals surface area contributed by atoms with Gasteiger partial charge in [-0.15, -0.1) is 0 Å². The molecular weight excluding hydrogens is 374 g/mol. The topological polar surface area (TPSA) is 69.6 Å². The Bertz CT molecular complexity index is 796. The number of halogens is 2. The molecule has 0 bridgehead atoms. The van der Waals surface area contributed by atoms with Crippen LogP contribution in [0.15, 0.2) is 0 Å². The molecule has 9 heteroatoms. The fraction of sp³-hybridized carbons (Fsp3) is 0.778. The SMILES string of the molecule is C[C@H]1CCN1c1nc(N2C[C@@H]3C(CS(=O)O)[C@@H]3C2)c2c(n1)C(F)(F)CCC2. The van der Waals surface area contributed by atoms with Crippen molar-refractivity contribution in [2.45, 2.75) is 44.6 Å². The van der Waals surface area contributed by atoms with E-state index in [9.17, 15) is 13.0 Å². The first-order chi connectivity index (χ1) is 12.8. The van der Waals surface area contributed by atoms with E-state index in [1.165, 1.54) is 0 Å². The first kappa shape index (κ1) is 17.7. The Kier molecular flexibility index (Phi) is 3.99. The second-order valence-electron chi connectivity index (χ2n) is 8.45. The van der Waals surface area contributed by atoms with Crippen molar-refractivity contribution in [2.75, 3.05) is 35.2 Å². The van der Waals surface area contributed by atoms with Gasteiger partial charge in [-0.1, -0.05) is 0 Å². The highest BCUT2D eigenvalue weighted by Gasteiger charge is 2.57. The number of piperidine rings is 1. The van der Waals surface area contributed by atoms with E-state index in [0.29, 0.717) is 47.8 Å². The number of fused-ring (bicyclic) bond motifs is 2. The highest BCUT2D eigenvalue weighted by Crippen LogP contribution is 2.54. The number of nitrogens with zero attached hydrogens (tertiary/aromatic N) is 4. The lowest BCUT2D eigenvalue weighted by molar-refractivity contribution is -0.0263. The van der Waals surface area contributed by atoms with Crippen LogP contribution in [0.5, 0.6) is 0 Å². The van der Waals surface area contributed by atoms with Gasteiger partial charge in [-0.2, -0.15) is 13.8 Å². The lowest BCUT2D eigenvalue weighted by Gasteiger charge is -2.40. The quantitative estimate of drug-likeness (QED) is 0.786. The van der Waals surface area contributed by atoms with E-state index in [2.05, 4.69) is 16.8 Å². The normalized spacial score (nSPS) is 34.7. The van der Waals surface area contributed by atoms with E-state index in [1.54, 1.807) is 0 Å². The fourth-order valence-electron chi connectivity index (χ4n) is 5.04. The van der Waals surface area contributed by atoms with Crippen molar-refractivity contribution in [3.63, 3.8) is 0 Å². The second-order valence-corrected chi connectivity index (χ2v) is 9.42. The van der Waals surface area contributed by atoms with E-state index in [-0.39, 0.29) is 24.1 Å². The van der Waals surface area contributed by atoms with Gasteiger partial charge < -0.3 is 14.4 Å². The molecule has 0 amide bonds. The van der Waals surface area contributed by atoms with Crippen molar-refractivity contribution < 1.29 is 17.5 Å². The summed E-state index contributed by atoms with van der Waals surface area (Å²) in [6, 6.07) is 0.281. The van der Waals surface area contributed by atoms with Crippen LogP contribution in [0.4, 0.5) is 20.5 Å². The molecule has 148 valence electrons. The predicted molar refractivity (Wildman–Crippen MR) is 98.6 cm³/mol. The Morgan fingerprint density at radius 3 is 2.63 bits per heavy atom. The van der Waals surface area contributed by atoms with E-state index >= 15 is 0 Å². The van der Waals surface area contributed by atoms with Gasteiger partial charge in [0.1, 0.15) is 11.5 Å². The minimum Gasteiger partial charge on any atom is -0.356 e. The van der Waals surface area contributed by atoms with E-state index < -0.39 is 17.0 Å². The van der Waals surface area contributed by atoms with Crippen LogP contribution in [-0.2, 0) is 23.4 Å². The fourth-order valence-corrected chi connectivity index (χ4v) is 5.86.